The lowest BCUT2D eigenvalue weighted by molar-refractivity contribution is 0.185. The van der Waals surface area contributed by atoms with Crippen LogP contribution in [-0.4, -0.2) is 14.2 Å². The topological polar surface area (TPSA) is 18.5 Å². The van der Waals surface area contributed by atoms with Crippen LogP contribution in [0.5, 0.6) is 0 Å². The second-order valence-electron chi connectivity index (χ2n) is 5.31. The largest absolute Gasteiger partial charge is 0.380 e. The lowest BCUT2D eigenvalue weighted by atomic mass is 9.88. The highest BCUT2D eigenvalue weighted by molar-refractivity contribution is 5.35. The van der Waals surface area contributed by atoms with Crippen LogP contribution in [0, 0.1) is 0 Å². The molecule has 2 aromatic carbocycles. The van der Waals surface area contributed by atoms with Gasteiger partial charge in [-0.3, -0.25) is 0 Å². The van der Waals surface area contributed by atoms with E-state index in [1.807, 2.05) is 0 Å². The molecule has 112 valence electrons. The summed E-state index contributed by atoms with van der Waals surface area (Å²) in [5.41, 5.74) is 5.15. The number of methoxy groups -OCH3 is 2. The number of benzene rings is 2. The molecular formula is C19H24O2. The molecule has 0 spiro atoms. The van der Waals surface area contributed by atoms with Gasteiger partial charge in [0.1, 0.15) is 0 Å². The normalized spacial score (nSPS) is 11.0. The van der Waals surface area contributed by atoms with Crippen molar-refractivity contribution in [3.63, 3.8) is 0 Å². The van der Waals surface area contributed by atoms with Gasteiger partial charge in [0.05, 0.1) is 13.2 Å². The fraction of sp³-hybridized carbons (Fsp3) is 0.368. The molecule has 0 radical (unpaired) electrons. The Morgan fingerprint density at radius 2 is 1.10 bits per heavy atom. The van der Waals surface area contributed by atoms with Gasteiger partial charge in [-0.2, -0.15) is 0 Å². The first-order valence-electron chi connectivity index (χ1n) is 7.44. The molecule has 0 amide bonds. The third-order valence-corrected chi connectivity index (χ3v) is 3.79. The standard InChI is InChI=1S/C19H24O2/c1-4-19(17-9-5-15(6-10-17)13-20-2)18-11-7-16(8-12-18)14-21-3/h5-12,19H,4,13-14H2,1-3H3. The smallest absolute Gasteiger partial charge is 0.0713 e. The van der Waals surface area contributed by atoms with Crippen molar-refractivity contribution in [1.82, 2.24) is 0 Å². The Labute approximate surface area is 127 Å². The van der Waals surface area contributed by atoms with E-state index in [0.717, 1.165) is 6.42 Å². The Morgan fingerprint density at radius 1 is 0.714 bits per heavy atom. The molecule has 0 aromatic heterocycles. The molecule has 0 atom stereocenters. The van der Waals surface area contributed by atoms with Crippen molar-refractivity contribution in [3.05, 3.63) is 70.8 Å². The number of rotatable bonds is 7. The van der Waals surface area contributed by atoms with Gasteiger partial charge in [-0.15, -0.1) is 0 Å². The van der Waals surface area contributed by atoms with E-state index in [-0.39, 0.29) is 0 Å². The second-order valence-corrected chi connectivity index (χ2v) is 5.31. The first kappa shape index (κ1) is 15.7. The van der Waals surface area contributed by atoms with Crippen molar-refractivity contribution < 1.29 is 9.47 Å². The summed E-state index contributed by atoms with van der Waals surface area (Å²) in [5.74, 6) is 0.443. The average Bonchev–Trinajstić information content (AvgIpc) is 2.52. The van der Waals surface area contributed by atoms with Crippen LogP contribution >= 0.6 is 0 Å². The van der Waals surface area contributed by atoms with Crippen molar-refractivity contribution in [1.29, 1.82) is 0 Å². The molecule has 0 N–H and O–H groups in total. The van der Waals surface area contributed by atoms with E-state index >= 15 is 0 Å². The Balaban J connectivity index is 2.18. The van der Waals surface area contributed by atoms with E-state index in [9.17, 15) is 0 Å². The molecule has 2 nitrogen and oxygen atoms in total. The minimum Gasteiger partial charge on any atom is -0.380 e. The highest BCUT2D eigenvalue weighted by Gasteiger charge is 2.12. The number of ether oxygens (including phenoxy) is 2. The van der Waals surface area contributed by atoms with E-state index in [1.165, 1.54) is 22.3 Å². The molecule has 2 heteroatoms. The monoisotopic (exact) mass is 284 g/mol. The summed E-state index contributed by atoms with van der Waals surface area (Å²) in [6.07, 6.45) is 1.09. The van der Waals surface area contributed by atoms with Crippen molar-refractivity contribution in [2.24, 2.45) is 0 Å². The molecule has 2 rings (SSSR count). The van der Waals surface area contributed by atoms with Crippen LogP contribution in [0.4, 0.5) is 0 Å². The predicted octanol–water partition coefficient (Wildman–Crippen LogP) is 4.52. The maximum Gasteiger partial charge on any atom is 0.0713 e. The van der Waals surface area contributed by atoms with Crippen LogP contribution in [0.25, 0.3) is 0 Å². The molecule has 0 saturated carbocycles. The van der Waals surface area contributed by atoms with Crippen molar-refractivity contribution in [2.75, 3.05) is 14.2 Å². The molecule has 2 aromatic rings. The lowest BCUT2D eigenvalue weighted by Crippen LogP contribution is -2.01. The van der Waals surface area contributed by atoms with Crippen molar-refractivity contribution >= 4 is 0 Å². The summed E-state index contributed by atoms with van der Waals surface area (Å²) >= 11 is 0. The quantitative estimate of drug-likeness (QED) is 0.744. The molecule has 0 fully saturated rings. The van der Waals surface area contributed by atoms with E-state index in [2.05, 4.69) is 55.5 Å². The van der Waals surface area contributed by atoms with Crippen molar-refractivity contribution in [2.45, 2.75) is 32.5 Å². The first-order valence-corrected chi connectivity index (χ1v) is 7.44. The van der Waals surface area contributed by atoms with Gasteiger partial charge < -0.3 is 9.47 Å². The molecule has 0 heterocycles. The summed E-state index contributed by atoms with van der Waals surface area (Å²) in [5, 5.41) is 0. The SMILES string of the molecule is CCC(c1ccc(COC)cc1)c1ccc(COC)cc1. The maximum absolute atomic E-state index is 5.16. The molecule has 21 heavy (non-hydrogen) atoms. The summed E-state index contributed by atoms with van der Waals surface area (Å²) in [6.45, 7) is 3.57. The summed E-state index contributed by atoms with van der Waals surface area (Å²) in [7, 11) is 3.45. The lowest BCUT2D eigenvalue weighted by Gasteiger charge is -2.17. The van der Waals surface area contributed by atoms with Crippen LogP contribution in [-0.2, 0) is 22.7 Å². The summed E-state index contributed by atoms with van der Waals surface area (Å²) in [4.78, 5) is 0. The average molecular weight is 284 g/mol. The minimum absolute atomic E-state index is 0.443. The fourth-order valence-electron chi connectivity index (χ4n) is 2.69. The molecule has 0 saturated heterocycles. The Kier molecular flexibility index (Phi) is 5.97. The zero-order chi connectivity index (χ0) is 15.1. The Bertz CT molecular complexity index is 479. The van der Waals surface area contributed by atoms with E-state index in [4.69, 9.17) is 9.47 Å². The van der Waals surface area contributed by atoms with Gasteiger partial charge in [0.2, 0.25) is 0 Å². The Hall–Kier alpha value is -1.64. The van der Waals surface area contributed by atoms with Crippen LogP contribution in [0.3, 0.4) is 0 Å². The maximum atomic E-state index is 5.16. The van der Waals surface area contributed by atoms with Gasteiger partial charge in [-0.1, -0.05) is 55.5 Å². The molecule has 0 aliphatic carbocycles. The predicted molar refractivity (Wildman–Crippen MR) is 86.4 cm³/mol. The Morgan fingerprint density at radius 3 is 1.38 bits per heavy atom. The molecular weight excluding hydrogens is 260 g/mol. The molecule has 0 aliphatic heterocycles. The van der Waals surface area contributed by atoms with Crippen LogP contribution in [0.2, 0.25) is 0 Å². The molecule has 0 aliphatic rings. The van der Waals surface area contributed by atoms with Gasteiger partial charge in [-0.05, 0) is 28.7 Å². The van der Waals surface area contributed by atoms with E-state index < -0.39 is 0 Å². The zero-order valence-corrected chi connectivity index (χ0v) is 13.1. The van der Waals surface area contributed by atoms with Gasteiger partial charge in [-0.25, -0.2) is 0 Å². The van der Waals surface area contributed by atoms with Crippen LogP contribution in [0.1, 0.15) is 41.5 Å². The molecule has 0 bridgehead atoms. The second kappa shape index (κ2) is 7.96. The number of hydrogen-bond acceptors (Lipinski definition) is 2. The summed E-state index contributed by atoms with van der Waals surface area (Å²) in [6, 6.07) is 17.5. The van der Waals surface area contributed by atoms with E-state index in [0.29, 0.717) is 19.1 Å². The highest BCUT2D eigenvalue weighted by Crippen LogP contribution is 2.28. The minimum atomic E-state index is 0.443. The number of hydrogen-bond donors (Lipinski definition) is 0. The zero-order valence-electron chi connectivity index (χ0n) is 13.1. The first-order chi connectivity index (χ1) is 10.3. The van der Waals surface area contributed by atoms with Gasteiger partial charge >= 0.3 is 0 Å². The van der Waals surface area contributed by atoms with Gasteiger partial charge in [0.25, 0.3) is 0 Å². The van der Waals surface area contributed by atoms with Gasteiger partial charge in [0, 0.05) is 20.1 Å². The van der Waals surface area contributed by atoms with E-state index in [1.54, 1.807) is 14.2 Å². The fourth-order valence-corrected chi connectivity index (χ4v) is 2.69. The molecule has 0 unspecified atom stereocenters. The van der Waals surface area contributed by atoms with Gasteiger partial charge in [0.15, 0.2) is 0 Å². The van der Waals surface area contributed by atoms with Crippen LogP contribution < -0.4 is 0 Å². The highest BCUT2D eigenvalue weighted by atomic mass is 16.5. The summed E-state index contributed by atoms with van der Waals surface area (Å²) < 4.78 is 10.3. The third kappa shape index (κ3) is 4.16. The van der Waals surface area contributed by atoms with Crippen molar-refractivity contribution in [3.8, 4) is 0 Å². The van der Waals surface area contributed by atoms with Crippen LogP contribution in [0.15, 0.2) is 48.5 Å². The third-order valence-electron chi connectivity index (χ3n) is 3.79.